The molecule has 0 radical (unpaired) electrons. The van der Waals surface area contributed by atoms with Crippen molar-refractivity contribution < 1.29 is 34.0 Å². The zero-order valence-corrected chi connectivity index (χ0v) is 13.7. The highest BCUT2D eigenvalue weighted by Crippen LogP contribution is 2.13. The Morgan fingerprint density at radius 1 is 1.00 bits per heavy atom. The van der Waals surface area contributed by atoms with Crippen LogP contribution in [0, 0.1) is 0 Å². The molecule has 7 nitrogen and oxygen atoms in total. The number of hydrogen-bond donors (Lipinski definition) is 2. The van der Waals surface area contributed by atoms with Gasteiger partial charge < -0.3 is 24.4 Å². The van der Waals surface area contributed by atoms with E-state index in [0.717, 1.165) is 0 Å². The molecule has 0 aromatic heterocycles. The fraction of sp³-hybridized carbons (Fsp3) is 0.625. The Balaban J connectivity index is 4.57. The second-order valence-corrected chi connectivity index (χ2v) is 5.10. The molecule has 23 heavy (non-hydrogen) atoms. The molecule has 0 saturated carbocycles. The Morgan fingerprint density at radius 3 is 2.09 bits per heavy atom. The summed E-state index contributed by atoms with van der Waals surface area (Å²) in [5.41, 5.74) is 0.525. The van der Waals surface area contributed by atoms with E-state index in [1.165, 1.54) is 6.92 Å². The van der Waals surface area contributed by atoms with Crippen LogP contribution in [0.2, 0.25) is 0 Å². The third-order valence-corrected chi connectivity index (χ3v) is 2.84. The summed E-state index contributed by atoms with van der Waals surface area (Å²) >= 11 is 0. The summed E-state index contributed by atoms with van der Waals surface area (Å²) in [6.45, 7) is 9.58. The largest absolute Gasteiger partial charge is 0.462 e. The molecule has 0 fully saturated rings. The molecule has 0 aromatic carbocycles. The van der Waals surface area contributed by atoms with E-state index in [1.807, 2.05) is 0 Å². The van der Waals surface area contributed by atoms with Crippen molar-refractivity contribution in [2.45, 2.75) is 38.9 Å². The van der Waals surface area contributed by atoms with Crippen LogP contribution < -0.4 is 0 Å². The van der Waals surface area contributed by atoms with Gasteiger partial charge in [0, 0.05) is 11.1 Å². The lowest BCUT2D eigenvalue weighted by molar-refractivity contribution is -0.157. The number of hydrogen-bond acceptors (Lipinski definition) is 7. The summed E-state index contributed by atoms with van der Waals surface area (Å²) in [5, 5.41) is 18.2. The third kappa shape index (κ3) is 9.12. The minimum absolute atomic E-state index is 0.0109. The molecule has 0 spiro atoms. The molecule has 132 valence electrons. The fourth-order valence-corrected chi connectivity index (χ4v) is 1.61. The Morgan fingerprint density at radius 2 is 1.61 bits per heavy atom. The molecule has 0 aliphatic heterocycles. The van der Waals surface area contributed by atoms with Crippen molar-refractivity contribution in [2.24, 2.45) is 0 Å². The number of carbonyl (C=O) groups excluding carboxylic acids is 2. The van der Waals surface area contributed by atoms with Crippen LogP contribution in [0.5, 0.6) is 0 Å². The average Bonchev–Trinajstić information content (AvgIpc) is 2.50. The summed E-state index contributed by atoms with van der Waals surface area (Å²) in [6, 6.07) is 0. The van der Waals surface area contributed by atoms with Gasteiger partial charge in [0.05, 0.1) is 26.4 Å². The van der Waals surface area contributed by atoms with Gasteiger partial charge in [0.25, 0.3) is 0 Å². The van der Waals surface area contributed by atoms with Gasteiger partial charge in [0.1, 0.15) is 12.2 Å². The quantitative estimate of drug-likeness (QED) is 0.309. The standard InChI is InChI=1S/C16H26O7/c1-11(2)15(19)22-8-5-6-13(23-16(20)12(3)4)14(10-18)21-9-7-17/h13-14,17-18H,1,3,5-10H2,2,4H3. The van der Waals surface area contributed by atoms with Crippen LogP contribution in [0.4, 0.5) is 0 Å². The van der Waals surface area contributed by atoms with Gasteiger partial charge in [-0.1, -0.05) is 13.2 Å². The van der Waals surface area contributed by atoms with Crippen LogP contribution in [0.3, 0.4) is 0 Å². The zero-order valence-electron chi connectivity index (χ0n) is 13.7. The molecule has 0 heterocycles. The van der Waals surface area contributed by atoms with Crippen molar-refractivity contribution >= 4 is 11.9 Å². The fourth-order valence-electron chi connectivity index (χ4n) is 1.61. The van der Waals surface area contributed by atoms with Crippen molar-refractivity contribution in [3.05, 3.63) is 24.3 Å². The van der Waals surface area contributed by atoms with Crippen molar-refractivity contribution in [3.8, 4) is 0 Å². The molecule has 2 N–H and O–H groups in total. The van der Waals surface area contributed by atoms with Crippen molar-refractivity contribution in [1.29, 1.82) is 0 Å². The van der Waals surface area contributed by atoms with Crippen LogP contribution in [0.25, 0.3) is 0 Å². The maximum Gasteiger partial charge on any atom is 0.333 e. The molecule has 0 saturated heterocycles. The van der Waals surface area contributed by atoms with E-state index in [2.05, 4.69) is 13.2 Å². The first-order chi connectivity index (χ1) is 10.8. The molecule has 0 rings (SSSR count). The first-order valence-corrected chi connectivity index (χ1v) is 7.35. The van der Waals surface area contributed by atoms with Gasteiger partial charge in [-0.25, -0.2) is 9.59 Å². The Labute approximate surface area is 136 Å². The summed E-state index contributed by atoms with van der Waals surface area (Å²) in [7, 11) is 0. The predicted octanol–water partition coefficient (Wildman–Crippen LogP) is 0.744. The molecule has 0 amide bonds. The predicted molar refractivity (Wildman–Crippen MR) is 83.6 cm³/mol. The Bertz CT molecular complexity index is 417. The summed E-state index contributed by atoms with van der Waals surface area (Å²) in [6.07, 6.45) is -0.785. The Kier molecular flexibility index (Phi) is 10.9. The summed E-state index contributed by atoms with van der Waals surface area (Å²) in [5.74, 6) is -1.09. The monoisotopic (exact) mass is 330 g/mol. The van der Waals surface area contributed by atoms with Gasteiger partial charge in [0.2, 0.25) is 0 Å². The van der Waals surface area contributed by atoms with E-state index in [-0.39, 0.29) is 32.0 Å². The van der Waals surface area contributed by atoms with E-state index in [1.54, 1.807) is 6.92 Å². The maximum absolute atomic E-state index is 11.7. The number of aliphatic hydroxyl groups excluding tert-OH is 2. The molecular weight excluding hydrogens is 304 g/mol. The molecule has 0 bridgehead atoms. The van der Waals surface area contributed by atoms with Crippen LogP contribution >= 0.6 is 0 Å². The first-order valence-electron chi connectivity index (χ1n) is 7.35. The van der Waals surface area contributed by atoms with Crippen molar-refractivity contribution in [3.63, 3.8) is 0 Å². The lowest BCUT2D eigenvalue weighted by Gasteiger charge is -2.25. The molecule has 0 aliphatic carbocycles. The highest BCUT2D eigenvalue weighted by atomic mass is 16.6. The summed E-state index contributed by atoms with van der Waals surface area (Å²) in [4.78, 5) is 22.9. The van der Waals surface area contributed by atoms with E-state index in [9.17, 15) is 14.7 Å². The lowest BCUT2D eigenvalue weighted by atomic mass is 10.1. The minimum atomic E-state index is -0.776. The number of aliphatic hydroxyl groups is 2. The third-order valence-electron chi connectivity index (χ3n) is 2.84. The number of rotatable bonds is 12. The zero-order chi connectivity index (χ0) is 17.8. The molecule has 2 unspecified atom stereocenters. The van der Waals surface area contributed by atoms with E-state index in [0.29, 0.717) is 18.4 Å². The topological polar surface area (TPSA) is 102 Å². The molecule has 0 aromatic rings. The van der Waals surface area contributed by atoms with Gasteiger partial charge in [0.15, 0.2) is 0 Å². The highest BCUT2D eigenvalue weighted by molar-refractivity contribution is 5.87. The molecular formula is C16H26O7. The highest BCUT2D eigenvalue weighted by Gasteiger charge is 2.25. The van der Waals surface area contributed by atoms with Gasteiger partial charge in [-0.05, 0) is 26.7 Å². The van der Waals surface area contributed by atoms with Crippen LogP contribution in [-0.4, -0.2) is 60.8 Å². The van der Waals surface area contributed by atoms with Gasteiger partial charge in [-0.15, -0.1) is 0 Å². The van der Waals surface area contributed by atoms with E-state index >= 15 is 0 Å². The summed E-state index contributed by atoms with van der Waals surface area (Å²) < 4.78 is 15.5. The van der Waals surface area contributed by atoms with Crippen LogP contribution in [0.1, 0.15) is 26.7 Å². The maximum atomic E-state index is 11.7. The number of carbonyl (C=O) groups is 2. The van der Waals surface area contributed by atoms with Crippen molar-refractivity contribution in [2.75, 3.05) is 26.4 Å². The van der Waals surface area contributed by atoms with Crippen LogP contribution in [-0.2, 0) is 23.8 Å². The van der Waals surface area contributed by atoms with Gasteiger partial charge in [-0.2, -0.15) is 0 Å². The second-order valence-electron chi connectivity index (χ2n) is 5.10. The number of ether oxygens (including phenoxy) is 3. The SMILES string of the molecule is C=C(C)C(=O)OCCCC(OC(=O)C(=C)C)C(CO)OCCO. The molecule has 2 atom stereocenters. The normalized spacial score (nSPS) is 13.0. The van der Waals surface area contributed by atoms with Gasteiger partial charge >= 0.3 is 11.9 Å². The van der Waals surface area contributed by atoms with E-state index < -0.39 is 24.1 Å². The number of esters is 2. The average molecular weight is 330 g/mol. The Hall–Kier alpha value is -1.70. The minimum Gasteiger partial charge on any atom is -0.462 e. The lowest BCUT2D eigenvalue weighted by Crippen LogP contribution is -2.37. The second kappa shape index (κ2) is 11.8. The van der Waals surface area contributed by atoms with Crippen LogP contribution in [0.15, 0.2) is 24.3 Å². The van der Waals surface area contributed by atoms with E-state index in [4.69, 9.17) is 19.3 Å². The molecule has 7 heteroatoms. The van der Waals surface area contributed by atoms with Gasteiger partial charge in [-0.3, -0.25) is 0 Å². The smallest absolute Gasteiger partial charge is 0.333 e. The first kappa shape index (κ1) is 21.3. The molecule has 0 aliphatic rings. The van der Waals surface area contributed by atoms with Crippen molar-refractivity contribution in [1.82, 2.24) is 0 Å².